The zero-order chi connectivity index (χ0) is 17.5. The number of benzene rings is 1. The number of aromatic hydroxyl groups is 1. The van der Waals surface area contributed by atoms with Crippen LogP contribution in [-0.4, -0.2) is 25.8 Å². The number of halogens is 3. The number of nitrogens with one attached hydrogen (secondary N) is 1. The number of aromatic nitrogens is 3. The zero-order valence-corrected chi connectivity index (χ0v) is 12.8. The Kier molecular flexibility index (Phi) is 3.94. The lowest BCUT2D eigenvalue weighted by Crippen LogP contribution is -2.33. The zero-order valence-electron chi connectivity index (χ0n) is 12.8. The van der Waals surface area contributed by atoms with Gasteiger partial charge < -0.3 is 15.0 Å². The van der Waals surface area contributed by atoms with E-state index in [-0.39, 0.29) is 0 Å². The van der Waals surface area contributed by atoms with E-state index in [1.54, 1.807) is 6.92 Å². The van der Waals surface area contributed by atoms with Crippen molar-refractivity contribution in [3.63, 3.8) is 0 Å². The van der Waals surface area contributed by atoms with Gasteiger partial charge in [-0.2, -0.15) is 13.2 Å². The molecule has 128 valence electrons. The lowest BCUT2D eigenvalue weighted by Gasteiger charge is -2.24. The van der Waals surface area contributed by atoms with E-state index in [1.165, 1.54) is 0 Å². The van der Waals surface area contributed by atoms with Crippen molar-refractivity contribution >= 4 is 5.91 Å². The number of rotatable bonds is 2. The molecule has 1 amide bonds. The summed E-state index contributed by atoms with van der Waals surface area (Å²) in [7, 11) is 0. The largest absolute Gasteiger partial charge is 0.506 e. The van der Waals surface area contributed by atoms with Gasteiger partial charge in [-0.3, -0.25) is 4.79 Å². The molecule has 0 aliphatic carbocycles. The summed E-state index contributed by atoms with van der Waals surface area (Å²) in [4.78, 5) is 12.3. The minimum Gasteiger partial charge on any atom is -0.506 e. The molecule has 2 N–H and O–H groups in total. The van der Waals surface area contributed by atoms with Crippen LogP contribution in [0.15, 0.2) is 18.2 Å². The van der Waals surface area contributed by atoms with Crippen LogP contribution in [0.3, 0.4) is 0 Å². The number of aryl methyl sites for hydroxylation is 1. The number of nitrogens with zero attached hydrogens (tertiary/aromatic N) is 3. The fourth-order valence-electron chi connectivity index (χ4n) is 2.84. The normalized spacial score (nSPS) is 17.4. The molecule has 1 atom stereocenters. The van der Waals surface area contributed by atoms with Gasteiger partial charge >= 0.3 is 6.18 Å². The van der Waals surface area contributed by atoms with Crippen molar-refractivity contribution in [2.24, 2.45) is 0 Å². The van der Waals surface area contributed by atoms with E-state index in [4.69, 9.17) is 0 Å². The Balaban J connectivity index is 1.87. The Hall–Kier alpha value is -2.58. The number of fused-ring (bicyclic) bond motifs is 1. The van der Waals surface area contributed by atoms with Crippen molar-refractivity contribution in [1.29, 1.82) is 0 Å². The summed E-state index contributed by atoms with van der Waals surface area (Å²) in [5.74, 6) is -0.571. The Morgan fingerprint density at radius 1 is 1.38 bits per heavy atom. The molecule has 0 saturated carbocycles. The van der Waals surface area contributed by atoms with E-state index in [1.807, 2.05) is 4.57 Å². The van der Waals surface area contributed by atoms with Crippen LogP contribution in [-0.2, 0) is 12.7 Å². The summed E-state index contributed by atoms with van der Waals surface area (Å²) in [6.45, 7) is 2.52. The van der Waals surface area contributed by atoms with Crippen LogP contribution in [0.5, 0.6) is 5.75 Å². The van der Waals surface area contributed by atoms with E-state index < -0.39 is 35.0 Å². The quantitative estimate of drug-likeness (QED) is 0.881. The molecule has 0 fully saturated rings. The topological polar surface area (TPSA) is 80.0 Å². The molecule has 6 nitrogen and oxygen atoms in total. The molecule has 1 aromatic heterocycles. The van der Waals surface area contributed by atoms with Crippen molar-refractivity contribution < 1.29 is 23.1 Å². The molecule has 2 aromatic rings. The number of hydrogen-bond acceptors (Lipinski definition) is 4. The number of phenols is 1. The first-order valence-electron chi connectivity index (χ1n) is 7.38. The molecule has 2 heterocycles. The first-order valence-corrected chi connectivity index (χ1v) is 7.38. The molecule has 0 radical (unpaired) electrons. The van der Waals surface area contributed by atoms with Gasteiger partial charge in [0, 0.05) is 6.54 Å². The molecule has 0 spiro atoms. The highest BCUT2D eigenvalue weighted by atomic mass is 19.4. The van der Waals surface area contributed by atoms with Crippen LogP contribution in [0.1, 0.15) is 46.5 Å². The molecular weight excluding hydrogens is 325 g/mol. The Labute approximate surface area is 135 Å². The van der Waals surface area contributed by atoms with E-state index in [9.17, 15) is 23.1 Å². The molecular formula is C15H15F3N4O2. The van der Waals surface area contributed by atoms with Crippen LogP contribution in [0.4, 0.5) is 13.2 Å². The van der Waals surface area contributed by atoms with Crippen molar-refractivity contribution in [3.05, 3.63) is 41.0 Å². The van der Waals surface area contributed by atoms with Crippen molar-refractivity contribution in [2.75, 3.05) is 0 Å². The molecule has 9 heteroatoms. The molecule has 1 aromatic carbocycles. The van der Waals surface area contributed by atoms with Gasteiger partial charge in [-0.15, -0.1) is 10.2 Å². The number of hydrogen-bond donors (Lipinski definition) is 2. The third-order valence-electron chi connectivity index (χ3n) is 4.04. The average Bonchev–Trinajstić information content (AvgIpc) is 2.89. The van der Waals surface area contributed by atoms with Crippen LogP contribution in [0, 0.1) is 6.92 Å². The van der Waals surface area contributed by atoms with E-state index in [0.29, 0.717) is 18.1 Å². The summed E-state index contributed by atoms with van der Waals surface area (Å²) >= 11 is 0. The van der Waals surface area contributed by atoms with Gasteiger partial charge in [0.25, 0.3) is 5.91 Å². The molecule has 1 aliphatic rings. The average molecular weight is 340 g/mol. The molecule has 1 unspecified atom stereocenters. The first-order chi connectivity index (χ1) is 11.3. The van der Waals surface area contributed by atoms with Crippen molar-refractivity contribution in [3.8, 4) is 5.75 Å². The Morgan fingerprint density at radius 3 is 2.83 bits per heavy atom. The predicted octanol–water partition coefficient (Wildman–Crippen LogP) is 2.58. The van der Waals surface area contributed by atoms with Crippen molar-refractivity contribution in [1.82, 2.24) is 20.1 Å². The maximum Gasteiger partial charge on any atom is 0.419 e. The summed E-state index contributed by atoms with van der Waals surface area (Å²) < 4.78 is 40.4. The lowest BCUT2D eigenvalue weighted by atomic mass is 10.0. The van der Waals surface area contributed by atoms with E-state index >= 15 is 0 Å². The van der Waals surface area contributed by atoms with Gasteiger partial charge in [-0.1, -0.05) is 6.07 Å². The fourth-order valence-corrected chi connectivity index (χ4v) is 2.84. The number of para-hydroxylation sites is 1. The van der Waals surface area contributed by atoms with Gasteiger partial charge in [-0.05, 0) is 31.9 Å². The van der Waals surface area contributed by atoms with Crippen molar-refractivity contribution in [2.45, 2.75) is 38.5 Å². The summed E-state index contributed by atoms with van der Waals surface area (Å²) in [5.41, 5.74) is -1.66. The monoisotopic (exact) mass is 340 g/mol. The SMILES string of the molecule is Cc1nnc2n1CCCC2NC(=O)c1cccc(C(F)(F)F)c1O. The van der Waals surface area contributed by atoms with E-state index in [2.05, 4.69) is 15.5 Å². The second-order valence-electron chi connectivity index (χ2n) is 5.62. The van der Waals surface area contributed by atoms with Gasteiger partial charge in [0.05, 0.1) is 17.2 Å². The van der Waals surface area contributed by atoms with Gasteiger partial charge in [0.15, 0.2) is 5.82 Å². The number of carbonyl (C=O) groups excluding carboxylic acids is 1. The number of carbonyl (C=O) groups is 1. The standard InChI is InChI=1S/C15H15F3N4O2/c1-8-20-21-13-11(6-3-7-22(8)13)19-14(24)9-4-2-5-10(12(9)23)15(16,17)18/h2,4-5,11,23H,3,6-7H2,1H3,(H,19,24). The lowest BCUT2D eigenvalue weighted by molar-refractivity contribution is -0.138. The van der Waals surface area contributed by atoms with Gasteiger partial charge in [0.2, 0.25) is 0 Å². The highest BCUT2D eigenvalue weighted by molar-refractivity contribution is 5.97. The molecule has 1 aliphatic heterocycles. The first kappa shape index (κ1) is 16.3. The Morgan fingerprint density at radius 2 is 2.12 bits per heavy atom. The second kappa shape index (κ2) is 5.81. The maximum atomic E-state index is 12.8. The van der Waals surface area contributed by atoms with Crippen LogP contribution in [0.25, 0.3) is 0 Å². The van der Waals surface area contributed by atoms with Crippen LogP contribution < -0.4 is 5.32 Å². The van der Waals surface area contributed by atoms with Gasteiger partial charge in [0.1, 0.15) is 11.6 Å². The smallest absolute Gasteiger partial charge is 0.419 e. The summed E-state index contributed by atoms with van der Waals surface area (Å²) in [5, 5.41) is 20.4. The fraction of sp³-hybridized carbons (Fsp3) is 0.400. The second-order valence-corrected chi connectivity index (χ2v) is 5.62. The minimum absolute atomic E-state index is 0.418. The van der Waals surface area contributed by atoms with Crippen LogP contribution in [0.2, 0.25) is 0 Å². The third-order valence-corrected chi connectivity index (χ3v) is 4.04. The third kappa shape index (κ3) is 2.81. The Bertz CT molecular complexity index is 786. The summed E-state index contributed by atoms with van der Waals surface area (Å²) in [6.07, 6.45) is -3.35. The molecule has 0 saturated heterocycles. The highest BCUT2D eigenvalue weighted by Gasteiger charge is 2.36. The minimum atomic E-state index is -4.73. The highest BCUT2D eigenvalue weighted by Crippen LogP contribution is 2.37. The van der Waals surface area contributed by atoms with Gasteiger partial charge in [-0.25, -0.2) is 0 Å². The summed E-state index contributed by atoms with van der Waals surface area (Å²) in [6, 6.07) is 2.51. The molecule has 0 bridgehead atoms. The number of phenolic OH excluding ortho intramolecular Hbond substituents is 1. The molecule has 24 heavy (non-hydrogen) atoms. The van der Waals surface area contributed by atoms with E-state index in [0.717, 1.165) is 31.2 Å². The maximum absolute atomic E-state index is 12.8. The number of alkyl halides is 3. The van der Waals surface area contributed by atoms with Crippen LogP contribution >= 0.6 is 0 Å². The molecule has 3 rings (SSSR count). The predicted molar refractivity (Wildman–Crippen MR) is 77.3 cm³/mol. The number of amides is 1.